The number of likely N-dealkylation sites (N-methyl/N-ethyl adjacent to an activating group) is 1. The number of rotatable bonds is 18. The van der Waals surface area contributed by atoms with Crippen LogP contribution in [0.2, 0.25) is 4.34 Å². The van der Waals surface area contributed by atoms with Gasteiger partial charge in [0.25, 0.3) is 11.8 Å². The van der Waals surface area contributed by atoms with Crippen molar-refractivity contribution >= 4 is 100 Å². The van der Waals surface area contributed by atoms with Crippen molar-refractivity contribution in [1.29, 1.82) is 0 Å². The molecule has 6 rings (SSSR count). The second-order valence-electron chi connectivity index (χ2n) is 17.7. The first kappa shape index (κ1) is 52.2. The van der Waals surface area contributed by atoms with Crippen LogP contribution in [0.3, 0.4) is 0 Å². The molecule has 2 aliphatic rings. The Morgan fingerprint density at radius 3 is 2.39 bits per heavy atom. The molecule has 0 aliphatic carbocycles. The summed E-state index contributed by atoms with van der Waals surface area (Å²) in [5.41, 5.74) is 0.683. The Morgan fingerprint density at radius 2 is 1.74 bits per heavy atom. The minimum Gasteiger partial charge on any atom is -0.541 e. The number of pyridine rings is 1. The smallest absolute Gasteiger partial charge is 0.413 e. The fraction of sp³-hybridized carbons (Fsp3) is 0.444. The number of aryl methyl sites for hydroxylation is 1. The van der Waals surface area contributed by atoms with Crippen molar-refractivity contribution in [2.75, 3.05) is 25.2 Å². The number of fused-ring (bicyclic) bond motifs is 2. The molecule has 3 aromatic heterocycles. The molecule has 366 valence electrons. The molecule has 0 saturated carbocycles. The van der Waals surface area contributed by atoms with E-state index >= 15 is 0 Å². The lowest BCUT2D eigenvalue weighted by atomic mass is 10.0. The van der Waals surface area contributed by atoms with Gasteiger partial charge in [-0.3, -0.25) is 24.6 Å². The number of benzene rings is 1. The molecule has 4 aromatic rings. The van der Waals surface area contributed by atoms with Gasteiger partial charge in [0.05, 0.1) is 7.11 Å². The van der Waals surface area contributed by atoms with Crippen LogP contribution in [0.5, 0.6) is 5.75 Å². The van der Waals surface area contributed by atoms with Gasteiger partial charge in [-0.2, -0.15) is 4.57 Å². The standard InChI is InChI=1S/C45H52BClN8O12S2/c1-24(39(58)66-46)67-52-32(31-35(47)69-42(50-31)51-43(61)65-45(5,6)7)36(56)49-33-37(57)55-34(41(60)63-22-25-12-14-27(62-9)15-13-25)26(23-68-38(33)55)21-54-18-10-11-29-30(54)17-20-53(29)19-16-28(48-8)40(59)64-44(2,3)4/h10-15,17-18,20,24,28,33,38,48H,16,19,21-23H2,1-9H3,(H-,49,50,51,56,61)/p+1/b52-32-/t24-,28?,33?,38?/m0/s1. The summed E-state index contributed by atoms with van der Waals surface area (Å²) >= 11 is 8.62. The summed E-state index contributed by atoms with van der Waals surface area (Å²) in [5.74, 6) is -2.88. The number of anilines is 1. The Labute approximate surface area is 412 Å². The second kappa shape index (κ2) is 22.1. The number of nitrogens with zero attached hydrogens (tertiary/aromatic N) is 5. The van der Waals surface area contributed by atoms with E-state index in [-0.39, 0.29) is 45.7 Å². The molecule has 69 heavy (non-hydrogen) atoms. The number of carbonyl (C=O) groups is 6. The number of carbonyl (C=O) groups excluding carboxylic acids is 6. The van der Waals surface area contributed by atoms with Crippen LogP contribution in [0, 0.1) is 0 Å². The van der Waals surface area contributed by atoms with Crippen molar-refractivity contribution < 1.29 is 61.8 Å². The maximum Gasteiger partial charge on any atom is 0.413 e. The van der Waals surface area contributed by atoms with Crippen molar-refractivity contribution in [3.63, 3.8) is 0 Å². The highest BCUT2D eigenvalue weighted by Crippen LogP contribution is 2.41. The molecule has 3 amide bonds. The number of thioether (sulfide) groups is 1. The largest absolute Gasteiger partial charge is 0.541 e. The zero-order valence-corrected chi connectivity index (χ0v) is 41.8. The minimum atomic E-state index is -1.39. The predicted octanol–water partition coefficient (Wildman–Crippen LogP) is 4.55. The molecular formula is C45H53BClN8O12S2+. The number of ether oxygens (including phenoxy) is 4. The third-order valence-electron chi connectivity index (χ3n) is 10.3. The van der Waals surface area contributed by atoms with E-state index < -0.39 is 70.3 Å². The first-order chi connectivity index (χ1) is 32.6. The number of aromatic nitrogens is 3. The Balaban J connectivity index is 1.27. The van der Waals surface area contributed by atoms with Gasteiger partial charge in [0.1, 0.15) is 62.3 Å². The molecule has 5 heterocycles. The second-order valence-corrected chi connectivity index (χ2v) is 20.4. The number of halogens is 1. The van der Waals surface area contributed by atoms with Gasteiger partial charge >= 0.3 is 32.1 Å². The Hall–Kier alpha value is -6.17. The molecule has 2 radical (unpaired) electrons. The highest BCUT2D eigenvalue weighted by Gasteiger charge is 2.55. The van der Waals surface area contributed by atoms with Crippen LogP contribution < -0.4 is 25.3 Å². The van der Waals surface area contributed by atoms with Crippen LogP contribution in [0.25, 0.3) is 11.0 Å². The fourth-order valence-corrected chi connectivity index (χ4v) is 9.44. The van der Waals surface area contributed by atoms with Gasteiger partial charge in [0.2, 0.25) is 11.6 Å². The molecule has 0 spiro atoms. The predicted molar refractivity (Wildman–Crippen MR) is 256 cm³/mol. The Morgan fingerprint density at radius 1 is 1.03 bits per heavy atom. The lowest BCUT2D eigenvalue weighted by Crippen LogP contribution is -2.71. The summed E-state index contributed by atoms with van der Waals surface area (Å²) in [5, 5.41) is 11.2. The minimum absolute atomic E-state index is 0.0210. The summed E-state index contributed by atoms with van der Waals surface area (Å²) in [7, 11) is 8.26. The Bertz CT molecular complexity index is 2660. The van der Waals surface area contributed by atoms with Gasteiger partial charge in [-0.05, 0) is 85.7 Å². The normalized spacial score (nSPS) is 17.0. The lowest BCUT2D eigenvalue weighted by Gasteiger charge is -2.49. The van der Waals surface area contributed by atoms with E-state index in [2.05, 4.69) is 30.7 Å². The van der Waals surface area contributed by atoms with Crippen LogP contribution in [-0.2, 0) is 67.4 Å². The molecule has 3 unspecified atom stereocenters. The van der Waals surface area contributed by atoms with Crippen LogP contribution >= 0.6 is 34.7 Å². The monoisotopic (exact) mass is 1010 g/mol. The van der Waals surface area contributed by atoms with E-state index in [1.54, 1.807) is 59.2 Å². The number of hydrogen-bond donors (Lipinski definition) is 3. The molecule has 4 atom stereocenters. The van der Waals surface area contributed by atoms with Gasteiger partial charge < -0.3 is 43.6 Å². The van der Waals surface area contributed by atoms with E-state index in [0.29, 0.717) is 29.9 Å². The maximum atomic E-state index is 14.3. The average Bonchev–Trinajstić information content (AvgIpc) is 3.88. The van der Waals surface area contributed by atoms with E-state index in [1.807, 2.05) is 60.5 Å². The van der Waals surface area contributed by atoms with Crippen LogP contribution in [0.1, 0.15) is 66.1 Å². The fourth-order valence-electron chi connectivity index (χ4n) is 7.07. The topological polar surface area (TPSA) is 231 Å². The van der Waals surface area contributed by atoms with Gasteiger partial charge in [-0.1, -0.05) is 40.2 Å². The number of β-lactam (4-membered cyclic amide) rings is 1. The molecule has 1 aromatic carbocycles. The van der Waals surface area contributed by atoms with Crippen molar-refractivity contribution in [1.82, 2.24) is 25.1 Å². The van der Waals surface area contributed by atoms with Gasteiger partial charge in [-0.15, -0.1) is 11.8 Å². The molecule has 24 heteroatoms. The first-order valence-electron chi connectivity index (χ1n) is 21.6. The van der Waals surface area contributed by atoms with Crippen molar-refractivity contribution in [2.45, 2.75) is 109 Å². The summed E-state index contributed by atoms with van der Waals surface area (Å²) in [6.45, 7) is 12.3. The highest BCUT2D eigenvalue weighted by atomic mass is 35.5. The van der Waals surface area contributed by atoms with Crippen LogP contribution in [0.15, 0.2) is 71.3 Å². The van der Waals surface area contributed by atoms with Crippen molar-refractivity contribution in [2.24, 2.45) is 5.16 Å². The van der Waals surface area contributed by atoms with Crippen molar-refractivity contribution in [3.8, 4) is 5.75 Å². The number of amides is 3. The van der Waals surface area contributed by atoms with E-state index in [0.717, 1.165) is 22.4 Å². The summed E-state index contributed by atoms with van der Waals surface area (Å²) in [4.78, 5) is 91.0. The molecular weight excluding hydrogens is 955 g/mol. The number of esters is 2. The summed E-state index contributed by atoms with van der Waals surface area (Å²) in [6, 6.07) is 11.0. The van der Waals surface area contributed by atoms with Gasteiger partial charge in [0, 0.05) is 36.2 Å². The first-order valence-corrected chi connectivity index (χ1v) is 23.8. The van der Waals surface area contributed by atoms with Gasteiger partial charge in [0.15, 0.2) is 23.6 Å². The molecule has 0 bridgehead atoms. The molecule has 20 nitrogen and oxygen atoms in total. The molecule has 1 saturated heterocycles. The van der Waals surface area contributed by atoms with Crippen molar-refractivity contribution in [3.05, 3.63) is 81.7 Å². The zero-order valence-electron chi connectivity index (χ0n) is 39.4. The number of oxime groups is 1. The molecule has 2 aliphatic heterocycles. The van der Waals surface area contributed by atoms with E-state index in [9.17, 15) is 28.8 Å². The summed E-state index contributed by atoms with van der Waals surface area (Å²) in [6.07, 6.45) is 2.00. The SMILES string of the molecule is [B]OC(=O)[C@H](C)O/N=C(\C(=O)NC1C(=O)N2C(C(=O)OCc3ccc(OC)cc3)=C(C[n+]3cccc4c3ccn4CCC(NC)C(=O)OC(C)(C)C)CSC12)c1nc(NC(=O)OC(C)(C)C)sc1Cl. The van der Waals surface area contributed by atoms with Crippen LogP contribution in [0.4, 0.5) is 9.93 Å². The highest BCUT2D eigenvalue weighted by molar-refractivity contribution is 8.00. The van der Waals surface area contributed by atoms with Crippen LogP contribution in [-0.4, -0.2) is 119 Å². The maximum absolute atomic E-state index is 14.3. The third-order valence-corrected chi connectivity index (χ3v) is 12.8. The zero-order chi connectivity index (χ0) is 50.4. The molecule has 1 fully saturated rings. The summed E-state index contributed by atoms with van der Waals surface area (Å²) < 4.78 is 30.1. The number of methoxy groups -OCH3 is 1. The van der Waals surface area contributed by atoms with E-state index in [1.165, 1.54) is 23.6 Å². The third kappa shape index (κ3) is 12.9. The number of hydrogen-bond acceptors (Lipinski definition) is 17. The molecule has 3 N–H and O–H groups in total. The average molecular weight is 1010 g/mol. The number of nitrogens with one attached hydrogen (secondary N) is 3. The van der Waals surface area contributed by atoms with E-state index in [4.69, 9.17) is 43.4 Å². The Kier molecular flexibility index (Phi) is 16.7. The number of thiazole rings is 1. The quantitative estimate of drug-likeness (QED) is 0.0236. The lowest BCUT2D eigenvalue weighted by molar-refractivity contribution is -0.663. The van der Waals surface area contributed by atoms with Gasteiger partial charge in [-0.25, -0.2) is 19.4 Å².